The highest BCUT2D eigenvalue weighted by Crippen LogP contribution is 2.49. The molecule has 6 aromatic carbocycles. The summed E-state index contributed by atoms with van der Waals surface area (Å²) in [5, 5.41) is 4.35. The summed E-state index contributed by atoms with van der Waals surface area (Å²) in [6.07, 6.45) is 0.890. The fourth-order valence-corrected chi connectivity index (χ4v) is 9.76. The van der Waals surface area contributed by atoms with Crippen LogP contribution >= 0.6 is 51.2 Å². The molecule has 0 saturated heterocycles. The van der Waals surface area contributed by atoms with Gasteiger partial charge in [-0.25, -0.2) is 0 Å². The van der Waals surface area contributed by atoms with Crippen molar-refractivity contribution < 1.29 is 19.0 Å². The second-order valence-corrected chi connectivity index (χ2v) is 16.7. The number of methoxy groups -OCH3 is 3. The lowest BCUT2D eigenvalue weighted by Crippen LogP contribution is -2.24. The fourth-order valence-electron chi connectivity index (χ4n) is 6.21. The molecule has 294 valence electrons. The summed E-state index contributed by atoms with van der Waals surface area (Å²) < 4.78 is 15.1. The molecule has 3 aliphatic heterocycles. The van der Waals surface area contributed by atoms with Crippen LogP contribution in [0.3, 0.4) is 0 Å². The van der Waals surface area contributed by atoms with E-state index in [1.54, 1.807) is 33.1 Å². The second kappa shape index (κ2) is 22.1. The van der Waals surface area contributed by atoms with E-state index in [1.165, 1.54) is 52.9 Å². The van der Waals surface area contributed by atoms with Crippen molar-refractivity contribution in [1.82, 2.24) is 0 Å². The molecule has 0 aliphatic carbocycles. The minimum Gasteiger partial charge on any atom is -0.384 e. The van der Waals surface area contributed by atoms with Crippen LogP contribution in [-0.2, 0) is 14.2 Å². The van der Waals surface area contributed by atoms with Crippen LogP contribution in [0, 0.1) is 0 Å². The number of anilines is 6. The molecule has 0 radical (unpaired) electrons. The van der Waals surface area contributed by atoms with E-state index in [-0.39, 0.29) is 0 Å². The van der Waals surface area contributed by atoms with Crippen molar-refractivity contribution in [3.8, 4) is 0 Å². The number of hydrogen-bond donors (Lipinski definition) is 1. The van der Waals surface area contributed by atoms with Crippen LogP contribution < -0.4 is 15.1 Å². The molecule has 0 aromatic heterocycles. The van der Waals surface area contributed by atoms with Gasteiger partial charge in [0.15, 0.2) is 0 Å². The molecule has 0 spiro atoms. The van der Waals surface area contributed by atoms with E-state index in [0.717, 1.165) is 48.5 Å². The van der Waals surface area contributed by atoms with Gasteiger partial charge >= 0.3 is 0 Å². The largest absolute Gasteiger partial charge is 0.384 e. The molecule has 6 aromatic rings. The number of nitrogens with zero attached hydrogens (tertiary/aromatic N) is 2. The zero-order chi connectivity index (χ0) is 39.8. The monoisotopic (exact) mass is 879 g/mol. The number of nitrogens with one attached hydrogen (secondary N) is 1. The van der Waals surface area contributed by atoms with E-state index >= 15 is 0 Å². The Morgan fingerprint density at radius 2 is 0.895 bits per heavy atom. The van der Waals surface area contributed by atoms with Crippen molar-refractivity contribution >= 4 is 91.6 Å². The quantitative estimate of drug-likeness (QED) is 0.112. The Morgan fingerprint density at radius 3 is 1.32 bits per heavy atom. The Labute approximate surface area is 357 Å². The molecule has 0 bridgehead atoms. The Balaban J connectivity index is 0.000000138. The number of aldehydes is 1. The summed E-state index contributed by atoms with van der Waals surface area (Å²) in [6.45, 7) is 3.87. The first-order chi connectivity index (χ1) is 28.1. The summed E-state index contributed by atoms with van der Waals surface area (Å²) in [4.78, 5) is 23.1. The lowest BCUT2D eigenvalue weighted by Gasteiger charge is -2.32. The zero-order valence-corrected chi connectivity index (χ0v) is 36.3. The van der Waals surface area contributed by atoms with Crippen molar-refractivity contribution in [2.45, 2.75) is 29.4 Å². The number of ether oxygens (including phenoxy) is 3. The lowest BCUT2D eigenvalue weighted by molar-refractivity contribution is 0.112. The lowest BCUT2D eigenvalue weighted by atomic mass is 10.1. The molecule has 3 aliphatic rings. The van der Waals surface area contributed by atoms with Gasteiger partial charge in [-0.1, -0.05) is 112 Å². The van der Waals surface area contributed by atoms with Gasteiger partial charge in [0.2, 0.25) is 0 Å². The fraction of sp³-hybridized carbons (Fsp3) is 0.196. The zero-order valence-electron chi connectivity index (χ0n) is 32.2. The topological polar surface area (TPSA) is 63.3 Å². The number of hydrogen-bond acceptors (Lipinski definition) is 10. The normalized spacial score (nSPS) is 12.4. The molecule has 0 unspecified atom stereocenters. The Morgan fingerprint density at radius 1 is 0.509 bits per heavy atom. The average Bonchev–Trinajstić information content (AvgIpc) is 3.26. The predicted molar refractivity (Wildman–Crippen MR) is 243 cm³/mol. The number of rotatable bonds is 9. The molecule has 0 saturated carbocycles. The first-order valence-electron chi connectivity index (χ1n) is 18.5. The number of halogens is 1. The second-order valence-electron chi connectivity index (χ2n) is 12.6. The highest BCUT2D eigenvalue weighted by molar-refractivity contribution is 9.09. The van der Waals surface area contributed by atoms with Crippen LogP contribution in [-0.4, -0.2) is 65.9 Å². The Hall–Kier alpha value is -4.20. The Bertz CT molecular complexity index is 2090. The predicted octanol–water partition coefficient (Wildman–Crippen LogP) is 12.6. The highest BCUT2D eigenvalue weighted by atomic mass is 79.9. The number of para-hydroxylation sites is 5. The SMILES string of the molecule is COCCBr.COCCN1c2ccccc2Sc2cc(C=O)ccc21.COCCN1c2ccccc2Sc2ccccc21.c1ccc2c(c1)Nc1ccccc1S2. The van der Waals surface area contributed by atoms with Gasteiger partial charge in [-0.05, 0) is 78.9 Å². The van der Waals surface area contributed by atoms with E-state index in [4.69, 9.17) is 9.47 Å². The van der Waals surface area contributed by atoms with Gasteiger partial charge in [0.05, 0.1) is 53.9 Å². The smallest absolute Gasteiger partial charge is 0.150 e. The van der Waals surface area contributed by atoms with Gasteiger partial charge in [0, 0.05) is 74.7 Å². The van der Waals surface area contributed by atoms with Crippen molar-refractivity contribution in [1.29, 1.82) is 0 Å². The van der Waals surface area contributed by atoms with Gasteiger partial charge in [-0.3, -0.25) is 4.79 Å². The minimum absolute atomic E-state index is 0.661. The van der Waals surface area contributed by atoms with Crippen LogP contribution in [0.2, 0.25) is 0 Å². The van der Waals surface area contributed by atoms with Crippen LogP contribution in [0.15, 0.2) is 169 Å². The summed E-state index contributed by atoms with van der Waals surface area (Å²) in [5.74, 6) is 0. The van der Waals surface area contributed by atoms with Crippen molar-refractivity contribution in [2.24, 2.45) is 0 Å². The molecule has 0 atom stereocenters. The molecular weight excluding hydrogens is 835 g/mol. The van der Waals surface area contributed by atoms with Gasteiger partial charge in [0.25, 0.3) is 0 Å². The standard InChI is InChI=1S/C16H15NO2S.C15H15NOS.C12H9NS.C3H7BrO/c1-19-9-8-17-13-4-2-3-5-15(13)20-16-10-12(11-18)6-7-14(16)17;1-17-11-10-16-12-6-2-4-8-14(12)18-15-9-5-3-7-13(15)16;1-3-7-11-9(5-1)13-10-6-2-4-8-12(10)14-11;1-5-3-2-4/h2-7,10-11H,8-9H2,1H3;2-9H,10-11H2,1H3;1-8,13H;2-3H2,1H3. The first kappa shape index (κ1) is 42.4. The van der Waals surface area contributed by atoms with Crippen LogP contribution in [0.25, 0.3) is 0 Å². The van der Waals surface area contributed by atoms with Crippen LogP contribution in [0.4, 0.5) is 34.1 Å². The highest BCUT2D eigenvalue weighted by Gasteiger charge is 2.24. The third-order valence-electron chi connectivity index (χ3n) is 8.90. The summed E-state index contributed by atoms with van der Waals surface area (Å²) in [7, 11) is 5.14. The number of alkyl halides is 1. The van der Waals surface area contributed by atoms with E-state index in [2.05, 4.69) is 145 Å². The number of carbonyl (C=O) groups excluding carboxylic acids is 1. The van der Waals surface area contributed by atoms with Gasteiger partial charge in [-0.15, -0.1) is 0 Å². The molecule has 0 amide bonds. The summed E-state index contributed by atoms with van der Waals surface area (Å²) in [5.41, 5.74) is 8.00. The van der Waals surface area contributed by atoms with E-state index in [0.29, 0.717) is 12.2 Å². The minimum atomic E-state index is 0.661. The summed E-state index contributed by atoms with van der Waals surface area (Å²) in [6, 6.07) is 48.0. The maximum absolute atomic E-state index is 10.9. The van der Waals surface area contributed by atoms with Gasteiger partial charge in [0.1, 0.15) is 6.29 Å². The van der Waals surface area contributed by atoms with Crippen LogP contribution in [0.1, 0.15) is 10.4 Å². The van der Waals surface area contributed by atoms with E-state index in [1.807, 2.05) is 53.9 Å². The maximum atomic E-state index is 10.9. The van der Waals surface area contributed by atoms with Crippen molar-refractivity contribution in [2.75, 3.05) is 74.7 Å². The van der Waals surface area contributed by atoms with Gasteiger partial charge < -0.3 is 29.3 Å². The van der Waals surface area contributed by atoms with E-state index in [9.17, 15) is 4.79 Å². The number of carbonyl (C=O) groups is 1. The molecule has 7 nitrogen and oxygen atoms in total. The number of fused-ring (bicyclic) bond motifs is 6. The molecule has 57 heavy (non-hydrogen) atoms. The maximum Gasteiger partial charge on any atom is 0.150 e. The van der Waals surface area contributed by atoms with Crippen molar-refractivity contribution in [3.63, 3.8) is 0 Å². The van der Waals surface area contributed by atoms with E-state index < -0.39 is 0 Å². The third-order valence-corrected chi connectivity index (χ3v) is 12.6. The molecule has 0 fully saturated rings. The molecular formula is C46H46BrN3O4S3. The average molecular weight is 881 g/mol. The van der Waals surface area contributed by atoms with Gasteiger partial charge in [-0.2, -0.15) is 0 Å². The first-order valence-corrected chi connectivity index (χ1v) is 22.1. The molecule has 1 N–H and O–H groups in total. The third kappa shape index (κ3) is 11.1. The van der Waals surface area contributed by atoms with Crippen LogP contribution in [0.5, 0.6) is 0 Å². The summed E-state index contributed by atoms with van der Waals surface area (Å²) >= 11 is 8.55. The molecule has 3 heterocycles. The molecule has 11 heteroatoms. The number of benzene rings is 6. The Kier molecular flexibility index (Phi) is 16.4. The van der Waals surface area contributed by atoms with Crippen molar-refractivity contribution in [3.05, 3.63) is 145 Å². The molecule has 9 rings (SSSR count).